The van der Waals surface area contributed by atoms with Gasteiger partial charge in [0.15, 0.2) is 0 Å². The highest BCUT2D eigenvalue weighted by atomic mass is 16.2. The Bertz CT molecular complexity index is 1110. The van der Waals surface area contributed by atoms with Gasteiger partial charge in [-0.05, 0) is 38.0 Å². The number of carbonyl (C=O) groups excluding carboxylic acids is 2. The molecular weight excluding hydrogens is 388 g/mol. The molecule has 3 aromatic rings. The van der Waals surface area contributed by atoms with E-state index in [2.05, 4.69) is 6.07 Å². The lowest BCUT2D eigenvalue weighted by Gasteiger charge is -2.34. The Labute approximate surface area is 182 Å². The zero-order valence-corrected chi connectivity index (χ0v) is 17.7. The minimum Gasteiger partial charge on any atom is -0.339 e. The third-order valence-electron chi connectivity index (χ3n) is 6.06. The van der Waals surface area contributed by atoms with Crippen molar-refractivity contribution < 1.29 is 9.59 Å². The number of carbonyl (C=O) groups is 2. The highest BCUT2D eigenvalue weighted by Gasteiger charge is 2.35. The molecule has 6 nitrogen and oxygen atoms in total. The van der Waals surface area contributed by atoms with E-state index in [0.29, 0.717) is 37.4 Å². The summed E-state index contributed by atoms with van der Waals surface area (Å²) >= 11 is 0. The quantitative estimate of drug-likeness (QED) is 0.656. The first-order valence-corrected chi connectivity index (χ1v) is 10.9. The Morgan fingerprint density at radius 1 is 0.903 bits per heavy atom. The van der Waals surface area contributed by atoms with Crippen LogP contribution in [0.5, 0.6) is 0 Å². The average molecular weight is 415 g/mol. The number of hydrogen-bond donors (Lipinski definition) is 0. The smallest absolute Gasteiger partial charge is 0.257 e. The zero-order valence-electron chi connectivity index (χ0n) is 17.7. The van der Waals surface area contributed by atoms with Gasteiger partial charge in [-0.3, -0.25) is 9.59 Å². The molecule has 0 N–H and O–H groups in total. The maximum atomic E-state index is 13.5. The normalized spacial score (nSPS) is 16.4. The number of amides is 2. The lowest BCUT2D eigenvalue weighted by molar-refractivity contribution is -0.134. The predicted octanol–water partition coefficient (Wildman–Crippen LogP) is 3.54. The molecule has 2 aromatic carbocycles. The summed E-state index contributed by atoms with van der Waals surface area (Å²) < 4.78 is 1.78. The number of aromatic nitrogens is 2. The second-order valence-corrected chi connectivity index (χ2v) is 8.43. The van der Waals surface area contributed by atoms with Crippen LogP contribution in [-0.2, 0) is 4.79 Å². The molecule has 6 heteroatoms. The van der Waals surface area contributed by atoms with Crippen molar-refractivity contribution in [2.24, 2.45) is 5.92 Å². The molecule has 0 bridgehead atoms. The van der Waals surface area contributed by atoms with Gasteiger partial charge in [0.1, 0.15) is 5.69 Å². The SMILES string of the molecule is Cc1cccc(-c2nn(-c3ccccc3)cc2C(=O)N2CCN(C(=O)C3CC3)CC2)c1. The highest BCUT2D eigenvalue weighted by Crippen LogP contribution is 2.31. The van der Waals surface area contributed by atoms with E-state index in [4.69, 9.17) is 5.10 Å². The van der Waals surface area contributed by atoms with E-state index in [0.717, 1.165) is 29.7 Å². The van der Waals surface area contributed by atoms with Gasteiger partial charge in [-0.2, -0.15) is 5.10 Å². The molecule has 2 heterocycles. The van der Waals surface area contributed by atoms with Gasteiger partial charge < -0.3 is 9.80 Å². The molecule has 1 saturated carbocycles. The Kier molecular flexibility index (Phi) is 5.06. The van der Waals surface area contributed by atoms with Crippen molar-refractivity contribution in [1.82, 2.24) is 19.6 Å². The molecule has 1 saturated heterocycles. The average Bonchev–Trinajstić information content (AvgIpc) is 3.57. The number of benzene rings is 2. The van der Waals surface area contributed by atoms with E-state index < -0.39 is 0 Å². The van der Waals surface area contributed by atoms with E-state index in [1.807, 2.05) is 71.5 Å². The number of para-hydroxylation sites is 1. The maximum absolute atomic E-state index is 13.5. The summed E-state index contributed by atoms with van der Waals surface area (Å²) in [6, 6.07) is 17.9. The lowest BCUT2D eigenvalue weighted by Crippen LogP contribution is -2.51. The minimum atomic E-state index is -0.0304. The summed E-state index contributed by atoms with van der Waals surface area (Å²) in [5.41, 5.74) is 4.25. The van der Waals surface area contributed by atoms with Crippen molar-refractivity contribution in [1.29, 1.82) is 0 Å². The molecule has 0 radical (unpaired) electrons. The summed E-state index contributed by atoms with van der Waals surface area (Å²) in [5, 5.41) is 4.79. The summed E-state index contributed by atoms with van der Waals surface area (Å²) in [4.78, 5) is 29.6. The molecule has 158 valence electrons. The van der Waals surface area contributed by atoms with Crippen molar-refractivity contribution in [3.05, 3.63) is 71.9 Å². The fourth-order valence-corrected chi connectivity index (χ4v) is 4.14. The molecule has 0 atom stereocenters. The van der Waals surface area contributed by atoms with E-state index in [1.54, 1.807) is 4.68 Å². The number of rotatable bonds is 4. The summed E-state index contributed by atoms with van der Waals surface area (Å²) in [5.74, 6) is 0.445. The van der Waals surface area contributed by atoms with Gasteiger partial charge in [0.05, 0.1) is 11.3 Å². The molecule has 1 aliphatic heterocycles. The van der Waals surface area contributed by atoms with Crippen LogP contribution in [0.4, 0.5) is 0 Å². The molecule has 1 aromatic heterocycles. The number of hydrogen-bond acceptors (Lipinski definition) is 3. The Morgan fingerprint density at radius 3 is 2.29 bits per heavy atom. The fraction of sp³-hybridized carbons (Fsp3) is 0.320. The molecule has 31 heavy (non-hydrogen) atoms. The van der Waals surface area contributed by atoms with Crippen LogP contribution < -0.4 is 0 Å². The molecule has 2 fully saturated rings. The molecule has 1 aliphatic carbocycles. The summed E-state index contributed by atoms with van der Waals surface area (Å²) in [6.45, 7) is 4.36. The zero-order chi connectivity index (χ0) is 21.4. The lowest BCUT2D eigenvalue weighted by atomic mass is 10.0. The van der Waals surface area contributed by atoms with Crippen molar-refractivity contribution in [3.63, 3.8) is 0 Å². The fourth-order valence-electron chi connectivity index (χ4n) is 4.14. The van der Waals surface area contributed by atoms with Crippen LogP contribution in [0.1, 0.15) is 28.8 Å². The van der Waals surface area contributed by atoms with Crippen LogP contribution in [-0.4, -0.2) is 57.6 Å². The van der Waals surface area contributed by atoms with Gasteiger partial charge in [-0.1, -0.05) is 42.0 Å². The van der Waals surface area contributed by atoms with Crippen LogP contribution in [0.15, 0.2) is 60.8 Å². The second-order valence-electron chi connectivity index (χ2n) is 8.43. The first-order valence-electron chi connectivity index (χ1n) is 10.9. The number of nitrogens with zero attached hydrogens (tertiary/aromatic N) is 4. The summed E-state index contributed by atoms with van der Waals surface area (Å²) in [6.07, 6.45) is 3.85. The van der Waals surface area contributed by atoms with Gasteiger partial charge in [-0.15, -0.1) is 0 Å². The molecular formula is C25H26N4O2. The maximum Gasteiger partial charge on any atom is 0.257 e. The standard InChI is InChI=1S/C25H26N4O2/c1-18-6-5-7-20(16-18)23-22(17-29(26-23)21-8-3-2-4-9-21)25(31)28-14-12-27(13-15-28)24(30)19-10-11-19/h2-9,16-17,19H,10-15H2,1H3. The molecule has 2 aliphatic rings. The van der Waals surface area contributed by atoms with Gasteiger partial charge >= 0.3 is 0 Å². The summed E-state index contributed by atoms with van der Waals surface area (Å²) in [7, 11) is 0. The van der Waals surface area contributed by atoms with Crippen molar-refractivity contribution in [3.8, 4) is 16.9 Å². The topological polar surface area (TPSA) is 58.4 Å². The third kappa shape index (κ3) is 3.98. The van der Waals surface area contributed by atoms with Crippen LogP contribution in [0.25, 0.3) is 16.9 Å². The number of aryl methyl sites for hydroxylation is 1. The van der Waals surface area contributed by atoms with E-state index in [1.165, 1.54) is 0 Å². The van der Waals surface area contributed by atoms with Crippen LogP contribution >= 0.6 is 0 Å². The predicted molar refractivity (Wildman–Crippen MR) is 119 cm³/mol. The Hall–Kier alpha value is -3.41. The van der Waals surface area contributed by atoms with E-state index in [-0.39, 0.29) is 17.7 Å². The minimum absolute atomic E-state index is 0.0304. The monoisotopic (exact) mass is 414 g/mol. The Morgan fingerprint density at radius 2 is 1.61 bits per heavy atom. The van der Waals surface area contributed by atoms with Crippen LogP contribution in [0.3, 0.4) is 0 Å². The van der Waals surface area contributed by atoms with Gasteiger partial charge in [-0.25, -0.2) is 4.68 Å². The van der Waals surface area contributed by atoms with Gasteiger partial charge in [0.2, 0.25) is 5.91 Å². The van der Waals surface area contributed by atoms with Gasteiger partial charge in [0.25, 0.3) is 5.91 Å². The van der Waals surface area contributed by atoms with Crippen molar-refractivity contribution >= 4 is 11.8 Å². The highest BCUT2D eigenvalue weighted by molar-refractivity contribution is 6.00. The Balaban J connectivity index is 1.44. The first kappa shape index (κ1) is 19.5. The molecule has 2 amide bonds. The molecule has 5 rings (SSSR count). The largest absolute Gasteiger partial charge is 0.339 e. The molecule has 0 spiro atoms. The number of piperazine rings is 1. The van der Waals surface area contributed by atoms with Gasteiger partial charge in [0, 0.05) is 43.9 Å². The first-order chi connectivity index (χ1) is 15.1. The third-order valence-corrected chi connectivity index (χ3v) is 6.06. The van der Waals surface area contributed by atoms with Crippen molar-refractivity contribution in [2.45, 2.75) is 19.8 Å². The van der Waals surface area contributed by atoms with Crippen LogP contribution in [0.2, 0.25) is 0 Å². The second kappa shape index (κ2) is 8.02. The molecule has 0 unspecified atom stereocenters. The van der Waals surface area contributed by atoms with E-state index >= 15 is 0 Å². The van der Waals surface area contributed by atoms with E-state index in [9.17, 15) is 9.59 Å². The van der Waals surface area contributed by atoms with Crippen LogP contribution in [0, 0.1) is 12.8 Å². The van der Waals surface area contributed by atoms with Crippen molar-refractivity contribution in [2.75, 3.05) is 26.2 Å².